The van der Waals surface area contributed by atoms with E-state index in [1.165, 1.54) is 0 Å². The number of nitro groups is 1. The first kappa shape index (κ1) is 13.1. The summed E-state index contributed by atoms with van der Waals surface area (Å²) in [6.45, 7) is 6.10. The van der Waals surface area contributed by atoms with Gasteiger partial charge in [0.25, 0.3) is 5.69 Å². The van der Waals surface area contributed by atoms with Crippen LogP contribution in [0.25, 0.3) is 0 Å². The summed E-state index contributed by atoms with van der Waals surface area (Å²) in [5.41, 5.74) is 4.49. The number of nitrogens with zero attached hydrogens (tertiary/aromatic N) is 2. The molecule has 0 aliphatic heterocycles. The van der Waals surface area contributed by atoms with Crippen molar-refractivity contribution in [2.45, 2.75) is 27.3 Å². The van der Waals surface area contributed by atoms with Gasteiger partial charge in [-0.15, -0.1) is 0 Å². The van der Waals surface area contributed by atoms with Gasteiger partial charge in [-0.05, 0) is 26.3 Å². The van der Waals surface area contributed by atoms with Crippen LogP contribution in [-0.2, 0) is 6.54 Å². The Balaban J connectivity index is 2.16. The number of rotatable bonds is 4. The summed E-state index contributed by atoms with van der Waals surface area (Å²) in [6.07, 6.45) is 0. The minimum absolute atomic E-state index is 0.153. The van der Waals surface area contributed by atoms with E-state index < -0.39 is 0 Å². The minimum atomic E-state index is -0.354. The van der Waals surface area contributed by atoms with Crippen LogP contribution in [-0.4, -0.2) is 15.1 Å². The van der Waals surface area contributed by atoms with E-state index in [1.807, 2.05) is 19.9 Å². The molecular formula is C13H16N4O2. The lowest BCUT2D eigenvalue weighted by Gasteiger charge is -2.07. The van der Waals surface area contributed by atoms with Crippen molar-refractivity contribution in [1.29, 1.82) is 0 Å². The zero-order valence-corrected chi connectivity index (χ0v) is 11.2. The smallest absolute Gasteiger partial charge is 0.272 e. The Bertz CT molecular complexity index is 600. The highest BCUT2D eigenvalue weighted by Gasteiger charge is 2.11. The molecule has 0 radical (unpaired) electrons. The van der Waals surface area contributed by atoms with Gasteiger partial charge in [0, 0.05) is 18.2 Å². The average molecular weight is 260 g/mol. The first-order valence-corrected chi connectivity index (χ1v) is 5.98. The van der Waals surface area contributed by atoms with Crippen LogP contribution in [0, 0.1) is 30.9 Å². The highest BCUT2D eigenvalue weighted by Crippen LogP contribution is 2.21. The molecular weight excluding hydrogens is 244 g/mol. The van der Waals surface area contributed by atoms with Crippen LogP contribution >= 0.6 is 0 Å². The van der Waals surface area contributed by atoms with Gasteiger partial charge in [-0.3, -0.25) is 15.2 Å². The number of anilines is 1. The van der Waals surface area contributed by atoms with Crippen LogP contribution < -0.4 is 5.32 Å². The van der Waals surface area contributed by atoms with E-state index in [2.05, 4.69) is 15.5 Å². The van der Waals surface area contributed by atoms with Gasteiger partial charge in [0.2, 0.25) is 0 Å². The van der Waals surface area contributed by atoms with Gasteiger partial charge in [-0.1, -0.05) is 12.1 Å². The van der Waals surface area contributed by atoms with Crippen molar-refractivity contribution in [2.75, 3.05) is 5.32 Å². The summed E-state index contributed by atoms with van der Waals surface area (Å²) in [6, 6.07) is 5.26. The number of benzene rings is 1. The predicted octanol–water partition coefficient (Wildman–Crippen LogP) is 2.86. The molecule has 0 saturated heterocycles. The molecule has 1 aromatic heterocycles. The molecule has 2 N–H and O–H groups in total. The van der Waals surface area contributed by atoms with Gasteiger partial charge in [-0.25, -0.2) is 0 Å². The zero-order valence-electron chi connectivity index (χ0n) is 11.2. The molecule has 0 aliphatic rings. The van der Waals surface area contributed by atoms with Crippen LogP contribution in [0.2, 0.25) is 0 Å². The van der Waals surface area contributed by atoms with E-state index in [-0.39, 0.29) is 10.6 Å². The largest absolute Gasteiger partial charge is 0.378 e. The van der Waals surface area contributed by atoms with Crippen molar-refractivity contribution < 1.29 is 4.92 Å². The van der Waals surface area contributed by atoms with Crippen LogP contribution in [0.1, 0.15) is 22.5 Å². The lowest BCUT2D eigenvalue weighted by atomic mass is 10.1. The zero-order chi connectivity index (χ0) is 14.0. The highest BCUT2D eigenvalue weighted by molar-refractivity contribution is 5.52. The van der Waals surface area contributed by atoms with E-state index in [0.717, 1.165) is 22.6 Å². The Morgan fingerprint density at radius 3 is 2.68 bits per heavy atom. The standard InChI is InChI=1S/C13H16N4O2/c1-8-4-5-11(6-12(8)17(18)19)7-14-13-9(2)15-16-10(13)3/h4-6,14H,7H2,1-3H3,(H,15,16). The van der Waals surface area contributed by atoms with Gasteiger partial charge < -0.3 is 5.32 Å². The van der Waals surface area contributed by atoms with Gasteiger partial charge >= 0.3 is 0 Å². The van der Waals surface area contributed by atoms with Gasteiger partial charge in [0.15, 0.2) is 0 Å². The third-order valence-electron chi connectivity index (χ3n) is 3.07. The van der Waals surface area contributed by atoms with E-state index in [9.17, 15) is 10.1 Å². The summed E-state index contributed by atoms with van der Waals surface area (Å²) < 4.78 is 0. The normalized spacial score (nSPS) is 10.5. The van der Waals surface area contributed by atoms with Crippen molar-refractivity contribution in [3.8, 4) is 0 Å². The van der Waals surface area contributed by atoms with Crippen molar-refractivity contribution in [3.05, 3.63) is 50.8 Å². The second kappa shape index (κ2) is 5.09. The molecule has 0 fully saturated rings. The van der Waals surface area contributed by atoms with E-state index in [0.29, 0.717) is 12.1 Å². The Morgan fingerprint density at radius 1 is 1.37 bits per heavy atom. The molecule has 0 spiro atoms. The average Bonchev–Trinajstić information content (AvgIpc) is 2.68. The monoisotopic (exact) mass is 260 g/mol. The van der Waals surface area contributed by atoms with Crippen LogP contribution in [0.5, 0.6) is 0 Å². The van der Waals surface area contributed by atoms with Crippen molar-refractivity contribution in [3.63, 3.8) is 0 Å². The fourth-order valence-electron chi connectivity index (χ4n) is 1.96. The minimum Gasteiger partial charge on any atom is -0.378 e. The van der Waals surface area contributed by atoms with E-state index in [1.54, 1.807) is 19.1 Å². The molecule has 6 nitrogen and oxygen atoms in total. The first-order chi connectivity index (χ1) is 8.99. The van der Waals surface area contributed by atoms with Crippen LogP contribution in [0.15, 0.2) is 18.2 Å². The molecule has 1 aromatic carbocycles. The maximum absolute atomic E-state index is 10.9. The third-order valence-corrected chi connectivity index (χ3v) is 3.07. The molecule has 0 aliphatic carbocycles. The Hall–Kier alpha value is -2.37. The maximum Gasteiger partial charge on any atom is 0.272 e. The SMILES string of the molecule is Cc1ccc(CNc2c(C)n[nH]c2C)cc1[N+](=O)[O-]. The number of H-pyrrole nitrogens is 1. The molecule has 0 saturated carbocycles. The summed E-state index contributed by atoms with van der Waals surface area (Å²) >= 11 is 0. The van der Waals surface area contributed by atoms with Gasteiger partial charge in [-0.2, -0.15) is 5.10 Å². The lowest BCUT2D eigenvalue weighted by molar-refractivity contribution is -0.385. The molecule has 2 aromatic rings. The fourth-order valence-corrected chi connectivity index (χ4v) is 1.96. The summed E-state index contributed by atoms with van der Waals surface area (Å²) in [5.74, 6) is 0. The Morgan fingerprint density at radius 2 is 2.11 bits per heavy atom. The molecule has 0 atom stereocenters. The number of hydrogen-bond donors (Lipinski definition) is 2. The number of aromatic nitrogens is 2. The van der Waals surface area contributed by atoms with Crippen LogP contribution in [0.4, 0.5) is 11.4 Å². The second-order valence-electron chi connectivity index (χ2n) is 4.54. The highest BCUT2D eigenvalue weighted by atomic mass is 16.6. The van der Waals surface area contributed by atoms with Crippen molar-refractivity contribution in [1.82, 2.24) is 10.2 Å². The lowest BCUT2D eigenvalue weighted by Crippen LogP contribution is -2.02. The Labute approximate surface area is 111 Å². The van der Waals surface area contributed by atoms with Gasteiger partial charge in [0.05, 0.1) is 22.0 Å². The molecule has 6 heteroatoms. The molecule has 2 rings (SSSR count). The number of hydrogen-bond acceptors (Lipinski definition) is 4. The van der Waals surface area contributed by atoms with Crippen molar-refractivity contribution in [2.24, 2.45) is 0 Å². The topological polar surface area (TPSA) is 83.8 Å². The van der Waals surface area contributed by atoms with Crippen LogP contribution in [0.3, 0.4) is 0 Å². The summed E-state index contributed by atoms with van der Waals surface area (Å²) in [7, 11) is 0. The number of nitro benzene ring substituents is 1. The molecule has 19 heavy (non-hydrogen) atoms. The Kier molecular flexibility index (Phi) is 3.50. The number of aromatic amines is 1. The van der Waals surface area contributed by atoms with Gasteiger partial charge in [0.1, 0.15) is 0 Å². The summed E-state index contributed by atoms with van der Waals surface area (Å²) in [4.78, 5) is 10.5. The number of aryl methyl sites for hydroxylation is 3. The van der Waals surface area contributed by atoms with E-state index >= 15 is 0 Å². The van der Waals surface area contributed by atoms with E-state index in [4.69, 9.17) is 0 Å². The molecule has 1 heterocycles. The maximum atomic E-state index is 10.9. The first-order valence-electron chi connectivity index (χ1n) is 5.98. The summed E-state index contributed by atoms with van der Waals surface area (Å²) in [5, 5.41) is 21.1. The molecule has 0 amide bonds. The molecule has 100 valence electrons. The fraction of sp³-hybridized carbons (Fsp3) is 0.308. The number of nitrogens with one attached hydrogen (secondary N) is 2. The molecule has 0 unspecified atom stereocenters. The predicted molar refractivity (Wildman–Crippen MR) is 73.2 cm³/mol. The van der Waals surface area contributed by atoms with Crippen molar-refractivity contribution >= 4 is 11.4 Å². The third kappa shape index (κ3) is 2.73. The second-order valence-corrected chi connectivity index (χ2v) is 4.54. The quantitative estimate of drug-likeness (QED) is 0.654. The molecule has 0 bridgehead atoms.